The molecule has 0 aromatic heterocycles. The van der Waals surface area contributed by atoms with Crippen LogP contribution in [0.4, 0.5) is 0 Å². The summed E-state index contributed by atoms with van der Waals surface area (Å²) in [5.74, 6) is -0.161. The van der Waals surface area contributed by atoms with E-state index in [1.54, 1.807) is 0 Å². The van der Waals surface area contributed by atoms with Crippen molar-refractivity contribution in [1.82, 2.24) is 5.32 Å². The SMILES string of the molecule is C=CC1(CC(=O)OC)CNC1. The zero-order valence-corrected chi connectivity index (χ0v) is 6.72. The van der Waals surface area contributed by atoms with Crippen LogP contribution in [0.25, 0.3) is 0 Å². The van der Waals surface area contributed by atoms with Crippen LogP contribution < -0.4 is 5.32 Å². The monoisotopic (exact) mass is 155 g/mol. The van der Waals surface area contributed by atoms with Gasteiger partial charge in [-0.25, -0.2) is 0 Å². The third-order valence-corrected chi connectivity index (χ3v) is 2.11. The summed E-state index contributed by atoms with van der Waals surface area (Å²) in [7, 11) is 1.41. The number of carbonyl (C=O) groups excluding carboxylic acids is 1. The first-order valence-corrected chi connectivity index (χ1v) is 3.63. The fourth-order valence-electron chi connectivity index (χ4n) is 1.15. The Labute approximate surface area is 66.4 Å². The molecule has 1 aliphatic heterocycles. The van der Waals surface area contributed by atoms with E-state index in [9.17, 15) is 4.79 Å². The summed E-state index contributed by atoms with van der Waals surface area (Å²) in [5, 5.41) is 3.10. The van der Waals surface area contributed by atoms with E-state index in [0.29, 0.717) is 6.42 Å². The molecule has 1 aliphatic rings. The highest BCUT2D eigenvalue weighted by Crippen LogP contribution is 2.28. The molecule has 3 heteroatoms. The topological polar surface area (TPSA) is 38.3 Å². The summed E-state index contributed by atoms with van der Waals surface area (Å²) in [6.45, 7) is 5.37. The van der Waals surface area contributed by atoms with Crippen LogP contribution in [0.2, 0.25) is 0 Å². The fraction of sp³-hybridized carbons (Fsp3) is 0.625. The van der Waals surface area contributed by atoms with Gasteiger partial charge in [0.25, 0.3) is 0 Å². The zero-order chi connectivity index (χ0) is 8.32. The molecule has 0 bridgehead atoms. The van der Waals surface area contributed by atoms with E-state index in [2.05, 4.69) is 16.6 Å². The minimum Gasteiger partial charge on any atom is -0.469 e. The fourth-order valence-corrected chi connectivity index (χ4v) is 1.15. The predicted molar refractivity (Wildman–Crippen MR) is 42.1 cm³/mol. The van der Waals surface area contributed by atoms with Crippen molar-refractivity contribution >= 4 is 5.97 Å². The number of ether oxygens (including phenoxy) is 1. The van der Waals surface area contributed by atoms with E-state index in [4.69, 9.17) is 0 Å². The quantitative estimate of drug-likeness (QED) is 0.471. The highest BCUT2D eigenvalue weighted by atomic mass is 16.5. The normalized spacial score (nSPS) is 20.1. The van der Waals surface area contributed by atoms with Crippen molar-refractivity contribution < 1.29 is 9.53 Å². The molecule has 0 radical (unpaired) electrons. The first-order valence-electron chi connectivity index (χ1n) is 3.63. The number of rotatable bonds is 3. The molecule has 0 aromatic rings. The van der Waals surface area contributed by atoms with Crippen molar-refractivity contribution in [2.75, 3.05) is 20.2 Å². The molecule has 0 amide bonds. The van der Waals surface area contributed by atoms with Gasteiger partial charge in [-0.1, -0.05) is 6.08 Å². The Balaban J connectivity index is 2.44. The molecule has 1 heterocycles. The number of hydrogen-bond acceptors (Lipinski definition) is 3. The lowest BCUT2D eigenvalue weighted by molar-refractivity contribution is -0.143. The van der Waals surface area contributed by atoms with Gasteiger partial charge in [-0.3, -0.25) is 4.79 Å². The Morgan fingerprint density at radius 3 is 2.73 bits per heavy atom. The molecular formula is C8H13NO2. The van der Waals surface area contributed by atoms with Crippen molar-refractivity contribution in [3.8, 4) is 0 Å². The van der Waals surface area contributed by atoms with Crippen LogP contribution >= 0.6 is 0 Å². The van der Waals surface area contributed by atoms with Gasteiger partial charge in [0, 0.05) is 18.5 Å². The van der Waals surface area contributed by atoms with Gasteiger partial charge in [-0.05, 0) is 0 Å². The molecule has 3 nitrogen and oxygen atoms in total. The number of esters is 1. The molecule has 62 valence electrons. The van der Waals surface area contributed by atoms with Crippen LogP contribution in [-0.2, 0) is 9.53 Å². The van der Waals surface area contributed by atoms with E-state index >= 15 is 0 Å². The van der Waals surface area contributed by atoms with Gasteiger partial charge < -0.3 is 10.1 Å². The maximum atomic E-state index is 10.9. The smallest absolute Gasteiger partial charge is 0.306 e. The van der Waals surface area contributed by atoms with Gasteiger partial charge in [0.2, 0.25) is 0 Å². The minimum absolute atomic E-state index is 0.0346. The molecule has 0 aliphatic carbocycles. The number of nitrogens with one attached hydrogen (secondary N) is 1. The lowest BCUT2D eigenvalue weighted by Crippen LogP contribution is -2.53. The molecule has 1 N–H and O–H groups in total. The van der Waals surface area contributed by atoms with Gasteiger partial charge >= 0.3 is 5.97 Å². The second-order valence-corrected chi connectivity index (χ2v) is 2.92. The van der Waals surface area contributed by atoms with Crippen LogP contribution in [0.3, 0.4) is 0 Å². The van der Waals surface area contributed by atoms with Gasteiger partial charge in [0.15, 0.2) is 0 Å². The Morgan fingerprint density at radius 2 is 2.45 bits per heavy atom. The molecule has 0 spiro atoms. The van der Waals surface area contributed by atoms with E-state index in [1.165, 1.54) is 7.11 Å². The lowest BCUT2D eigenvalue weighted by Gasteiger charge is -2.39. The van der Waals surface area contributed by atoms with Crippen LogP contribution in [0.1, 0.15) is 6.42 Å². The van der Waals surface area contributed by atoms with Crippen molar-refractivity contribution in [1.29, 1.82) is 0 Å². The maximum Gasteiger partial charge on any atom is 0.306 e. The molecule has 1 fully saturated rings. The maximum absolute atomic E-state index is 10.9. The summed E-state index contributed by atoms with van der Waals surface area (Å²) >= 11 is 0. The molecule has 0 atom stereocenters. The van der Waals surface area contributed by atoms with E-state index in [-0.39, 0.29) is 11.4 Å². The second-order valence-electron chi connectivity index (χ2n) is 2.92. The third-order valence-electron chi connectivity index (χ3n) is 2.11. The van der Waals surface area contributed by atoms with Crippen molar-refractivity contribution in [3.63, 3.8) is 0 Å². The van der Waals surface area contributed by atoms with Crippen molar-refractivity contribution in [2.24, 2.45) is 5.41 Å². The Kier molecular flexibility index (Phi) is 2.29. The standard InChI is InChI=1S/C8H13NO2/c1-3-8(5-9-6-8)4-7(10)11-2/h3,9H,1,4-6H2,2H3. The third kappa shape index (κ3) is 1.60. The first-order chi connectivity index (χ1) is 5.22. The van der Waals surface area contributed by atoms with Gasteiger partial charge in [-0.2, -0.15) is 0 Å². The zero-order valence-electron chi connectivity index (χ0n) is 6.72. The number of methoxy groups -OCH3 is 1. The van der Waals surface area contributed by atoms with Crippen LogP contribution in [0, 0.1) is 5.41 Å². The Bertz CT molecular complexity index is 173. The predicted octanol–water partition coefficient (Wildman–Crippen LogP) is 0.325. The Hall–Kier alpha value is -0.830. The van der Waals surface area contributed by atoms with Crippen LogP contribution in [0.5, 0.6) is 0 Å². The number of carbonyl (C=O) groups is 1. The summed E-state index contributed by atoms with van der Waals surface area (Å²) in [4.78, 5) is 10.9. The van der Waals surface area contributed by atoms with E-state index in [1.807, 2.05) is 6.08 Å². The highest BCUT2D eigenvalue weighted by molar-refractivity contribution is 5.70. The second kappa shape index (κ2) is 3.05. The average Bonchev–Trinajstić information content (AvgIpc) is 1.96. The van der Waals surface area contributed by atoms with Crippen molar-refractivity contribution in [3.05, 3.63) is 12.7 Å². The molecule has 0 saturated carbocycles. The molecule has 0 unspecified atom stereocenters. The first kappa shape index (κ1) is 8.27. The molecular weight excluding hydrogens is 142 g/mol. The molecule has 11 heavy (non-hydrogen) atoms. The van der Waals surface area contributed by atoms with Crippen LogP contribution in [-0.4, -0.2) is 26.2 Å². The highest BCUT2D eigenvalue weighted by Gasteiger charge is 2.36. The summed E-state index contributed by atoms with van der Waals surface area (Å²) in [5.41, 5.74) is -0.0346. The summed E-state index contributed by atoms with van der Waals surface area (Å²) in [6, 6.07) is 0. The summed E-state index contributed by atoms with van der Waals surface area (Å²) < 4.78 is 4.57. The van der Waals surface area contributed by atoms with E-state index in [0.717, 1.165) is 13.1 Å². The lowest BCUT2D eigenvalue weighted by atomic mass is 9.79. The number of hydrogen-bond donors (Lipinski definition) is 1. The largest absolute Gasteiger partial charge is 0.469 e. The Morgan fingerprint density at radius 1 is 1.82 bits per heavy atom. The van der Waals surface area contributed by atoms with Gasteiger partial charge in [0.05, 0.1) is 13.5 Å². The average molecular weight is 155 g/mol. The minimum atomic E-state index is -0.161. The summed E-state index contributed by atoms with van der Waals surface area (Å²) in [6.07, 6.45) is 2.28. The van der Waals surface area contributed by atoms with Gasteiger partial charge in [-0.15, -0.1) is 6.58 Å². The molecule has 1 saturated heterocycles. The molecule has 0 aromatic carbocycles. The molecule has 1 rings (SSSR count). The van der Waals surface area contributed by atoms with Gasteiger partial charge in [0.1, 0.15) is 0 Å². The van der Waals surface area contributed by atoms with Crippen LogP contribution in [0.15, 0.2) is 12.7 Å². The van der Waals surface area contributed by atoms with Crippen molar-refractivity contribution in [2.45, 2.75) is 6.42 Å². The van der Waals surface area contributed by atoms with E-state index < -0.39 is 0 Å².